The van der Waals surface area contributed by atoms with E-state index in [-0.39, 0.29) is 0 Å². The van der Waals surface area contributed by atoms with Crippen molar-refractivity contribution in [1.82, 2.24) is 0 Å². The second-order valence-electron chi connectivity index (χ2n) is 7.45. The van der Waals surface area contributed by atoms with Crippen molar-refractivity contribution in [2.75, 3.05) is 0 Å². The summed E-state index contributed by atoms with van der Waals surface area (Å²) in [6.07, 6.45) is 16.8. The molecule has 0 nitrogen and oxygen atoms in total. The summed E-state index contributed by atoms with van der Waals surface area (Å²) in [7, 11) is 0. The lowest BCUT2D eigenvalue weighted by atomic mass is 9.90. The molecule has 134 valence electrons. The average Bonchev–Trinajstić information content (AvgIpc) is 3.04. The maximum absolute atomic E-state index is 2.45. The highest BCUT2D eigenvalue weighted by molar-refractivity contribution is 7.10. The van der Waals surface area contributed by atoms with E-state index in [0.29, 0.717) is 0 Å². The minimum absolute atomic E-state index is 0.750. The molecule has 1 heteroatoms. The van der Waals surface area contributed by atoms with E-state index < -0.39 is 0 Å². The first-order valence-electron chi connectivity index (χ1n) is 10.3. The summed E-state index contributed by atoms with van der Waals surface area (Å²) in [6.45, 7) is 9.48. The normalized spacial score (nSPS) is 14.1. The van der Waals surface area contributed by atoms with Crippen LogP contribution in [0.3, 0.4) is 0 Å². The molecule has 2 unspecified atom stereocenters. The van der Waals surface area contributed by atoms with Gasteiger partial charge in [0.15, 0.2) is 0 Å². The Kier molecular flexibility index (Phi) is 11.8. The first-order chi connectivity index (χ1) is 11.2. The van der Waals surface area contributed by atoms with Crippen molar-refractivity contribution in [1.29, 1.82) is 0 Å². The molecule has 0 saturated heterocycles. The molecular weight excluding hydrogens is 296 g/mol. The van der Waals surface area contributed by atoms with E-state index in [9.17, 15) is 0 Å². The third kappa shape index (κ3) is 8.38. The van der Waals surface area contributed by atoms with Crippen molar-refractivity contribution in [2.45, 2.75) is 117 Å². The zero-order valence-electron chi connectivity index (χ0n) is 16.2. The van der Waals surface area contributed by atoms with Crippen molar-refractivity contribution < 1.29 is 0 Å². The molecule has 0 aliphatic rings. The van der Waals surface area contributed by atoms with Crippen LogP contribution in [-0.2, 0) is 0 Å². The van der Waals surface area contributed by atoms with E-state index in [1.54, 1.807) is 10.4 Å². The Labute approximate surface area is 150 Å². The van der Waals surface area contributed by atoms with Gasteiger partial charge in [-0.2, -0.15) is 0 Å². The summed E-state index contributed by atoms with van der Waals surface area (Å²) in [5.41, 5.74) is 1.66. The maximum atomic E-state index is 2.45. The minimum Gasteiger partial charge on any atom is -0.148 e. The zero-order valence-corrected chi connectivity index (χ0v) is 17.0. The van der Waals surface area contributed by atoms with Crippen LogP contribution in [0.5, 0.6) is 0 Å². The summed E-state index contributed by atoms with van der Waals surface area (Å²) >= 11 is 2.00. The van der Waals surface area contributed by atoms with Crippen LogP contribution in [0.2, 0.25) is 0 Å². The van der Waals surface area contributed by atoms with E-state index in [4.69, 9.17) is 0 Å². The molecule has 1 rings (SSSR count). The molecule has 23 heavy (non-hydrogen) atoms. The highest BCUT2D eigenvalue weighted by atomic mass is 32.1. The summed E-state index contributed by atoms with van der Waals surface area (Å²) in [4.78, 5) is 1.68. The third-order valence-corrected chi connectivity index (χ3v) is 6.35. The molecular formula is C22H40S. The standard InChI is InChI=1S/C22H40S/c1-5-7-9-11-13-15-19(3)21-17-18-23-22(21)20(4)16-14-12-10-8-6-2/h17-20H,5-16H2,1-4H3. The second-order valence-corrected chi connectivity index (χ2v) is 8.40. The van der Waals surface area contributed by atoms with Crippen LogP contribution in [0.15, 0.2) is 11.4 Å². The monoisotopic (exact) mass is 336 g/mol. The quantitative estimate of drug-likeness (QED) is 0.298. The molecule has 0 aromatic carbocycles. The summed E-state index contributed by atoms with van der Waals surface area (Å²) in [5, 5.41) is 2.33. The van der Waals surface area contributed by atoms with Crippen molar-refractivity contribution in [3.63, 3.8) is 0 Å². The number of thiophene rings is 1. The Morgan fingerprint density at radius 1 is 0.739 bits per heavy atom. The molecule has 2 atom stereocenters. The highest BCUT2D eigenvalue weighted by Gasteiger charge is 2.16. The molecule has 1 aromatic heterocycles. The average molecular weight is 337 g/mol. The van der Waals surface area contributed by atoms with E-state index in [1.165, 1.54) is 77.0 Å². The van der Waals surface area contributed by atoms with Crippen LogP contribution < -0.4 is 0 Å². The molecule has 0 amide bonds. The first kappa shape index (κ1) is 20.7. The largest absolute Gasteiger partial charge is 0.148 e. The third-order valence-electron chi connectivity index (χ3n) is 5.19. The fraction of sp³-hybridized carbons (Fsp3) is 0.818. The SMILES string of the molecule is CCCCCCCC(C)c1ccsc1C(C)CCCCCCC. The van der Waals surface area contributed by atoms with Gasteiger partial charge in [-0.1, -0.05) is 91.9 Å². The lowest BCUT2D eigenvalue weighted by molar-refractivity contribution is 0.551. The van der Waals surface area contributed by atoms with E-state index in [0.717, 1.165) is 11.8 Å². The van der Waals surface area contributed by atoms with Crippen molar-refractivity contribution in [2.24, 2.45) is 0 Å². The molecule has 1 aromatic rings. The van der Waals surface area contributed by atoms with Gasteiger partial charge in [-0.05, 0) is 41.7 Å². The lowest BCUT2D eigenvalue weighted by Gasteiger charge is -2.17. The molecule has 0 fully saturated rings. The maximum Gasteiger partial charge on any atom is 0.0108 e. The van der Waals surface area contributed by atoms with Gasteiger partial charge < -0.3 is 0 Å². The van der Waals surface area contributed by atoms with Crippen LogP contribution in [-0.4, -0.2) is 0 Å². The lowest BCUT2D eigenvalue weighted by Crippen LogP contribution is -2.00. The van der Waals surface area contributed by atoms with Crippen molar-refractivity contribution in [3.8, 4) is 0 Å². The van der Waals surface area contributed by atoms with Crippen LogP contribution in [0.1, 0.15) is 127 Å². The number of hydrogen-bond acceptors (Lipinski definition) is 1. The van der Waals surface area contributed by atoms with E-state index >= 15 is 0 Å². The Morgan fingerprint density at radius 3 is 1.83 bits per heavy atom. The Morgan fingerprint density at radius 2 is 1.26 bits per heavy atom. The van der Waals surface area contributed by atoms with E-state index in [1.807, 2.05) is 11.3 Å². The Bertz CT molecular complexity index is 345. The van der Waals surface area contributed by atoms with Gasteiger partial charge in [-0.15, -0.1) is 11.3 Å². The predicted octanol–water partition coefficient (Wildman–Crippen LogP) is 8.68. The van der Waals surface area contributed by atoms with Gasteiger partial charge >= 0.3 is 0 Å². The van der Waals surface area contributed by atoms with Gasteiger partial charge in [0.2, 0.25) is 0 Å². The Hall–Kier alpha value is -0.300. The zero-order chi connectivity index (χ0) is 16.9. The van der Waals surface area contributed by atoms with Gasteiger partial charge in [-0.3, -0.25) is 0 Å². The molecule has 0 aliphatic heterocycles. The van der Waals surface area contributed by atoms with Crippen molar-refractivity contribution in [3.05, 3.63) is 21.9 Å². The van der Waals surface area contributed by atoms with Crippen LogP contribution in [0.25, 0.3) is 0 Å². The first-order valence-corrected chi connectivity index (χ1v) is 11.2. The van der Waals surface area contributed by atoms with Gasteiger partial charge in [0, 0.05) is 4.88 Å². The summed E-state index contributed by atoms with van der Waals surface area (Å²) < 4.78 is 0. The van der Waals surface area contributed by atoms with Gasteiger partial charge in [0.1, 0.15) is 0 Å². The highest BCUT2D eigenvalue weighted by Crippen LogP contribution is 2.36. The van der Waals surface area contributed by atoms with Gasteiger partial charge in [-0.25, -0.2) is 0 Å². The number of hydrogen-bond donors (Lipinski definition) is 0. The van der Waals surface area contributed by atoms with Crippen LogP contribution in [0.4, 0.5) is 0 Å². The van der Waals surface area contributed by atoms with Crippen LogP contribution in [0, 0.1) is 0 Å². The second kappa shape index (κ2) is 13.0. The van der Waals surface area contributed by atoms with Crippen molar-refractivity contribution >= 4 is 11.3 Å². The number of rotatable bonds is 14. The molecule has 1 heterocycles. The van der Waals surface area contributed by atoms with Gasteiger partial charge in [0.05, 0.1) is 0 Å². The molecule has 0 bridgehead atoms. The fourth-order valence-corrected chi connectivity index (χ4v) is 4.65. The van der Waals surface area contributed by atoms with E-state index in [2.05, 4.69) is 39.1 Å². The number of unbranched alkanes of at least 4 members (excludes halogenated alkanes) is 8. The minimum atomic E-state index is 0.750. The topological polar surface area (TPSA) is 0 Å². The summed E-state index contributed by atoms with van der Waals surface area (Å²) in [6, 6.07) is 2.41. The smallest absolute Gasteiger partial charge is 0.0108 e. The van der Waals surface area contributed by atoms with Crippen LogP contribution >= 0.6 is 11.3 Å². The van der Waals surface area contributed by atoms with Gasteiger partial charge in [0.25, 0.3) is 0 Å². The predicted molar refractivity (Wildman–Crippen MR) is 108 cm³/mol. The summed E-state index contributed by atoms with van der Waals surface area (Å²) in [5.74, 6) is 1.51. The molecule has 0 radical (unpaired) electrons. The fourth-order valence-electron chi connectivity index (χ4n) is 3.53. The molecule has 0 N–H and O–H groups in total. The Balaban J connectivity index is 2.35. The molecule has 0 aliphatic carbocycles. The molecule has 0 saturated carbocycles. The molecule has 0 spiro atoms.